The monoisotopic (exact) mass is 380 g/mol. The van der Waals surface area contributed by atoms with Gasteiger partial charge in [0, 0.05) is 11.3 Å². The van der Waals surface area contributed by atoms with Crippen LogP contribution in [0.15, 0.2) is 48.5 Å². The van der Waals surface area contributed by atoms with Crippen LogP contribution in [0.5, 0.6) is 0 Å². The molecule has 1 unspecified atom stereocenters. The highest BCUT2D eigenvalue weighted by molar-refractivity contribution is 6.23. The van der Waals surface area contributed by atoms with Crippen LogP contribution in [-0.4, -0.2) is 36.2 Å². The molecule has 1 aliphatic heterocycles. The number of hydrogen-bond acceptors (Lipinski definition) is 6. The molecule has 1 aliphatic rings. The first-order valence-electron chi connectivity index (χ1n) is 8.92. The first-order valence-corrected chi connectivity index (χ1v) is 8.92. The lowest BCUT2D eigenvalue weighted by Gasteiger charge is -2.16. The third kappa shape index (κ3) is 3.93. The maximum absolute atomic E-state index is 12.7. The quantitative estimate of drug-likeness (QED) is 0.471. The standard InChI is InChI=1S/C21H20N2O5/c1-3-28-21(27)15-4-8-16(9-5-15)22-18-12-19(25)23(20(18)26)17-10-6-14(7-11-17)13(2)24/h4-11,18,22H,3,12H2,1-2H3. The highest BCUT2D eigenvalue weighted by Gasteiger charge is 2.39. The highest BCUT2D eigenvalue weighted by Crippen LogP contribution is 2.25. The fourth-order valence-electron chi connectivity index (χ4n) is 2.98. The number of benzene rings is 2. The van der Waals surface area contributed by atoms with Gasteiger partial charge in [0.1, 0.15) is 6.04 Å². The van der Waals surface area contributed by atoms with Gasteiger partial charge in [-0.15, -0.1) is 0 Å². The maximum atomic E-state index is 12.7. The largest absolute Gasteiger partial charge is 0.462 e. The predicted octanol–water partition coefficient (Wildman–Crippen LogP) is 2.81. The number of imide groups is 1. The fourth-order valence-corrected chi connectivity index (χ4v) is 2.98. The average Bonchev–Trinajstić information content (AvgIpc) is 2.96. The van der Waals surface area contributed by atoms with Crippen molar-refractivity contribution in [2.24, 2.45) is 0 Å². The number of ketones is 1. The first kappa shape index (κ1) is 19.3. The number of rotatable bonds is 6. The summed E-state index contributed by atoms with van der Waals surface area (Å²) in [7, 11) is 0. The maximum Gasteiger partial charge on any atom is 0.338 e. The van der Waals surface area contributed by atoms with Gasteiger partial charge in [0.2, 0.25) is 5.91 Å². The summed E-state index contributed by atoms with van der Waals surface area (Å²) in [5, 5.41) is 3.03. The number of amides is 2. The molecule has 1 atom stereocenters. The van der Waals surface area contributed by atoms with Crippen molar-refractivity contribution in [2.45, 2.75) is 26.3 Å². The molecule has 1 fully saturated rings. The molecule has 2 amide bonds. The molecule has 2 aromatic carbocycles. The van der Waals surface area contributed by atoms with E-state index in [1.807, 2.05) is 0 Å². The van der Waals surface area contributed by atoms with Crippen LogP contribution in [-0.2, 0) is 14.3 Å². The lowest BCUT2D eigenvalue weighted by Crippen LogP contribution is -2.34. The van der Waals surface area contributed by atoms with E-state index >= 15 is 0 Å². The molecule has 7 nitrogen and oxygen atoms in total. The predicted molar refractivity (Wildman–Crippen MR) is 103 cm³/mol. The van der Waals surface area contributed by atoms with Crippen LogP contribution in [0.2, 0.25) is 0 Å². The molecule has 0 aromatic heterocycles. The molecule has 0 spiro atoms. The third-order valence-corrected chi connectivity index (χ3v) is 4.42. The smallest absolute Gasteiger partial charge is 0.338 e. The number of Topliss-reactive ketones (excluding diaryl/α,β-unsaturated/α-hetero) is 1. The summed E-state index contributed by atoms with van der Waals surface area (Å²) in [5.74, 6) is -1.19. The van der Waals surface area contributed by atoms with Gasteiger partial charge in [-0.1, -0.05) is 0 Å². The molecule has 1 N–H and O–H groups in total. The number of hydrogen-bond donors (Lipinski definition) is 1. The van der Waals surface area contributed by atoms with E-state index in [1.54, 1.807) is 55.5 Å². The summed E-state index contributed by atoms with van der Waals surface area (Å²) in [6, 6.07) is 12.2. The average molecular weight is 380 g/mol. The van der Waals surface area contributed by atoms with E-state index in [9.17, 15) is 19.2 Å². The van der Waals surface area contributed by atoms with Crippen molar-refractivity contribution in [1.82, 2.24) is 0 Å². The molecule has 0 bridgehead atoms. The normalized spacial score (nSPS) is 16.2. The molecular formula is C21H20N2O5. The van der Waals surface area contributed by atoms with Crippen LogP contribution in [0.3, 0.4) is 0 Å². The van der Waals surface area contributed by atoms with E-state index in [0.717, 1.165) is 4.90 Å². The van der Waals surface area contributed by atoms with Crippen LogP contribution in [0.25, 0.3) is 0 Å². The SMILES string of the molecule is CCOC(=O)c1ccc(NC2CC(=O)N(c3ccc(C(C)=O)cc3)C2=O)cc1. The van der Waals surface area contributed by atoms with Gasteiger partial charge in [0.05, 0.1) is 24.3 Å². The molecule has 144 valence electrons. The van der Waals surface area contributed by atoms with Gasteiger partial charge in [0.25, 0.3) is 5.91 Å². The van der Waals surface area contributed by atoms with Crippen molar-refractivity contribution in [3.63, 3.8) is 0 Å². The summed E-state index contributed by atoms with van der Waals surface area (Å²) < 4.78 is 4.93. The first-order chi connectivity index (χ1) is 13.4. The van der Waals surface area contributed by atoms with Crippen molar-refractivity contribution in [3.05, 3.63) is 59.7 Å². The van der Waals surface area contributed by atoms with Gasteiger partial charge in [-0.2, -0.15) is 0 Å². The highest BCUT2D eigenvalue weighted by atomic mass is 16.5. The summed E-state index contributed by atoms with van der Waals surface area (Å²) >= 11 is 0. The Morgan fingerprint density at radius 2 is 1.64 bits per heavy atom. The van der Waals surface area contributed by atoms with E-state index in [0.29, 0.717) is 29.1 Å². The Labute approximate surface area is 162 Å². The van der Waals surface area contributed by atoms with Crippen LogP contribution >= 0.6 is 0 Å². The molecule has 0 radical (unpaired) electrons. The van der Waals surface area contributed by atoms with E-state index in [2.05, 4.69) is 5.32 Å². The fraction of sp³-hybridized carbons (Fsp3) is 0.238. The minimum absolute atomic E-state index is 0.0208. The molecular weight excluding hydrogens is 360 g/mol. The number of anilines is 2. The van der Waals surface area contributed by atoms with Crippen LogP contribution < -0.4 is 10.2 Å². The second-order valence-electron chi connectivity index (χ2n) is 6.37. The molecule has 28 heavy (non-hydrogen) atoms. The molecule has 1 heterocycles. The molecule has 2 aromatic rings. The number of carbonyl (C=O) groups is 4. The Morgan fingerprint density at radius 3 is 2.21 bits per heavy atom. The van der Waals surface area contributed by atoms with E-state index in [-0.39, 0.29) is 24.0 Å². The second kappa shape index (κ2) is 8.04. The second-order valence-corrected chi connectivity index (χ2v) is 6.37. The minimum atomic E-state index is -0.701. The van der Waals surface area contributed by atoms with Crippen molar-refractivity contribution >= 4 is 34.9 Å². The molecule has 3 rings (SSSR count). The van der Waals surface area contributed by atoms with Gasteiger partial charge >= 0.3 is 5.97 Å². The van der Waals surface area contributed by atoms with Gasteiger partial charge < -0.3 is 10.1 Å². The Kier molecular flexibility index (Phi) is 5.54. The van der Waals surface area contributed by atoms with Crippen molar-refractivity contribution in [2.75, 3.05) is 16.8 Å². The molecule has 0 aliphatic carbocycles. The summed E-state index contributed by atoms with van der Waals surface area (Å²) in [4.78, 5) is 49.2. The number of nitrogens with zero attached hydrogens (tertiary/aromatic N) is 1. The van der Waals surface area contributed by atoms with E-state index in [1.165, 1.54) is 6.92 Å². The Bertz CT molecular complexity index is 919. The van der Waals surface area contributed by atoms with Crippen LogP contribution in [0.1, 0.15) is 41.0 Å². The van der Waals surface area contributed by atoms with Gasteiger partial charge in [-0.05, 0) is 62.4 Å². The Morgan fingerprint density at radius 1 is 1.04 bits per heavy atom. The third-order valence-electron chi connectivity index (χ3n) is 4.42. The van der Waals surface area contributed by atoms with Gasteiger partial charge in [-0.25, -0.2) is 9.69 Å². The zero-order valence-electron chi connectivity index (χ0n) is 15.6. The van der Waals surface area contributed by atoms with Crippen LogP contribution in [0.4, 0.5) is 11.4 Å². The summed E-state index contributed by atoms with van der Waals surface area (Å²) in [6.07, 6.45) is 0.0208. The molecule has 1 saturated heterocycles. The van der Waals surface area contributed by atoms with E-state index < -0.39 is 12.0 Å². The van der Waals surface area contributed by atoms with Crippen molar-refractivity contribution in [1.29, 1.82) is 0 Å². The van der Waals surface area contributed by atoms with Crippen molar-refractivity contribution in [3.8, 4) is 0 Å². The zero-order chi connectivity index (χ0) is 20.3. The number of esters is 1. The van der Waals surface area contributed by atoms with Crippen LogP contribution in [0, 0.1) is 0 Å². The lowest BCUT2D eigenvalue weighted by atomic mass is 10.1. The van der Waals surface area contributed by atoms with Gasteiger partial charge in [-0.3, -0.25) is 14.4 Å². The topological polar surface area (TPSA) is 92.8 Å². The lowest BCUT2D eigenvalue weighted by molar-refractivity contribution is -0.121. The number of carbonyl (C=O) groups excluding carboxylic acids is 4. The Hall–Kier alpha value is -3.48. The Balaban J connectivity index is 1.71. The number of ether oxygens (including phenoxy) is 1. The minimum Gasteiger partial charge on any atom is -0.462 e. The summed E-state index contributed by atoms with van der Waals surface area (Å²) in [6.45, 7) is 3.48. The number of nitrogens with one attached hydrogen (secondary N) is 1. The molecule has 0 saturated carbocycles. The zero-order valence-corrected chi connectivity index (χ0v) is 15.6. The van der Waals surface area contributed by atoms with Crippen molar-refractivity contribution < 1.29 is 23.9 Å². The molecule has 7 heteroatoms. The summed E-state index contributed by atoms with van der Waals surface area (Å²) in [5.41, 5.74) is 1.97. The van der Waals surface area contributed by atoms with E-state index in [4.69, 9.17) is 4.74 Å². The van der Waals surface area contributed by atoms with Gasteiger partial charge in [0.15, 0.2) is 5.78 Å².